The van der Waals surface area contributed by atoms with Crippen molar-refractivity contribution in [3.8, 4) is 29.3 Å². The number of rotatable bonds is 8. The molecule has 6 aromatic rings. The quantitative estimate of drug-likeness (QED) is 0.152. The number of alkyl halides is 2. The molecule has 0 bridgehead atoms. The standard InChI is InChI=1S/C17H18F2N6O.C16H16N6O2.CH4/c1-10-5-7-21-12(8-10)26-16-13-14(20)22-9-23-15(13)25(24-16)11-4-2-3-6-17(11,18)19;1-9(2)23-11-5-6-18-12(7-11)24-16-13-14(17)19-8-20-15(13)22(21-16)10-3-4-10;/h5,7-9,11H,2-4,6H2,1H3,(H2,20,22,23);5-8,10H,1,3-4H2,2H3,(H2,17,19,20);1H4. The zero-order valence-electron chi connectivity index (χ0n) is 27.3. The molecule has 2 aliphatic rings. The van der Waals surface area contributed by atoms with Crippen LogP contribution in [0.15, 0.2) is 61.7 Å². The van der Waals surface area contributed by atoms with Crippen molar-refractivity contribution in [1.29, 1.82) is 0 Å². The van der Waals surface area contributed by atoms with E-state index in [2.05, 4.69) is 46.7 Å². The van der Waals surface area contributed by atoms with Gasteiger partial charge in [0.25, 0.3) is 17.7 Å². The third kappa shape index (κ3) is 7.32. The average molecular weight is 701 g/mol. The van der Waals surface area contributed by atoms with Gasteiger partial charge in [-0.2, -0.15) is 0 Å². The third-order valence-corrected chi connectivity index (χ3v) is 8.18. The first kappa shape index (κ1) is 34.8. The number of fused-ring (bicyclic) bond motifs is 2. The highest BCUT2D eigenvalue weighted by Crippen LogP contribution is 2.44. The molecule has 17 heteroatoms. The van der Waals surface area contributed by atoms with E-state index in [-0.39, 0.29) is 31.2 Å². The van der Waals surface area contributed by atoms with Crippen LogP contribution in [0.5, 0.6) is 29.3 Å². The van der Waals surface area contributed by atoms with E-state index < -0.39 is 12.0 Å². The van der Waals surface area contributed by atoms with E-state index in [0.717, 1.165) is 18.4 Å². The summed E-state index contributed by atoms with van der Waals surface area (Å²) in [5, 5.41) is 9.71. The number of hydrogen-bond acceptors (Lipinski definition) is 13. The number of aryl methyl sites for hydroxylation is 1. The Balaban J connectivity index is 0.000000173. The van der Waals surface area contributed by atoms with Crippen LogP contribution in [0, 0.1) is 6.92 Å². The zero-order chi connectivity index (χ0) is 35.0. The molecule has 4 N–H and O–H groups in total. The largest absolute Gasteiger partial charge is 0.462 e. The van der Waals surface area contributed by atoms with Crippen LogP contribution in [0.2, 0.25) is 0 Å². The summed E-state index contributed by atoms with van der Waals surface area (Å²) in [6.45, 7) is 7.38. The van der Waals surface area contributed by atoms with Gasteiger partial charge in [-0.1, -0.05) is 20.4 Å². The van der Waals surface area contributed by atoms with Crippen LogP contribution in [0.4, 0.5) is 20.4 Å². The summed E-state index contributed by atoms with van der Waals surface area (Å²) >= 11 is 0. The molecular weight excluding hydrogens is 662 g/mol. The summed E-state index contributed by atoms with van der Waals surface area (Å²) in [5.41, 5.74) is 13.8. The van der Waals surface area contributed by atoms with Gasteiger partial charge in [0.15, 0.2) is 11.3 Å². The summed E-state index contributed by atoms with van der Waals surface area (Å²) in [4.78, 5) is 24.7. The summed E-state index contributed by atoms with van der Waals surface area (Å²) in [5.74, 6) is -0.173. The monoisotopic (exact) mass is 700 g/mol. The van der Waals surface area contributed by atoms with Gasteiger partial charge in [0.2, 0.25) is 11.8 Å². The Morgan fingerprint density at radius 2 is 1.41 bits per heavy atom. The summed E-state index contributed by atoms with van der Waals surface area (Å²) in [7, 11) is 0. The van der Waals surface area contributed by atoms with E-state index in [9.17, 15) is 8.78 Å². The Bertz CT molecular complexity index is 2200. The molecule has 2 aliphatic carbocycles. The van der Waals surface area contributed by atoms with Gasteiger partial charge in [-0.15, -0.1) is 10.2 Å². The molecule has 0 aliphatic heterocycles. The van der Waals surface area contributed by atoms with E-state index >= 15 is 0 Å². The van der Waals surface area contributed by atoms with Gasteiger partial charge in [-0.3, -0.25) is 0 Å². The molecule has 0 amide bonds. The highest BCUT2D eigenvalue weighted by Gasteiger charge is 2.44. The van der Waals surface area contributed by atoms with Gasteiger partial charge >= 0.3 is 0 Å². The Hall–Kier alpha value is -6.00. The van der Waals surface area contributed by atoms with E-state index in [0.29, 0.717) is 76.7 Å². The zero-order valence-corrected chi connectivity index (χ0v) is 27.3. The van der Waals surface area contributed by atoms with Gasteiger partial charge < -0.3 is 25.7 Å². The predicted molar refractivity (Wildman–Crippen MR) is 186 cm³/mol. The van der Waals surface area contributed by atoms with Gasteiger partial charge in [-0.05, 0) is 57.2 Å². The van der Waals surface area contributed by atoms with Gasteiger partial charge in [0.05, 0.1) is 11.8 Å². The molecule has 51 heavy (non-hydrogen) atoms. The Morgan fingerprint density at radius 1 is 0.824 bits per heavy atom. The van der Waals surface area contributed by atoms with E-state index in [1.54, 1.807) is 37.5 Å². The summed E-state index contributed by atoms with van der Waals surface area (Å²) < 4.78 is 49.1. The molecule has 1 unspecified atom stereocenters. The maximum atomic E-state index is 14.5. The lowest BCUT2D eigenvalue weighted by atomic mass is 9.91. The molecular formula is C34H38F2N12O3. The fourth-order valence-corrected chi connectivity index (χ4v) is 5.71. The highest BCUT2D eigenvalue weighted by atomic mass is 19.3. The Morgan fingerprint density at radius 3 is 2.00 bits per heavy atom. The second kappa shape index (κ2) is 14.1. The molecule has 6 aromatic heterocycles. The number of nitrogen functional groups attached to an aromatic ring is 2. The van der Waals surface area contributed by atoms with Gasteiger partial charge in [0.1, 0.15) is 46.9 Å². The average Bonchev–Trinajstić information content (AvgIpc) is 3.75. The van der Waals surface area contributed by atoms with Gasteiger partial charge in [0, 0.05) is 30.9 Å². The second-order valence-corrected chi connectivity index (χ2v) is 12.2. The Kier molecular flexibility index (Phi) is 9.62. The summed E-state index contributed by atoms with van der Waals surface area (Å²) in [6, 6.07) is 6.18. The SMILES string of the molecule is C.C=C(C)Oc1ccnc(Oc2nn(C3CC3)c3ncnc(N)c23)c1.Cc1ccnc(Oc2nn(C3CCCCC3(F)F)c3ncnc(N)c23)c1. The van der Waals surface area contributed by atoms with Crippen LogP contribution < -0.4 is 25.7 Å². The number of nitrogens with zero attached hydrogens (tertiary/aromatic N) is 10. The first-order valence-electron chi connectivity index (χ1n) is 16.0. The van der Waals surface area contributed by atoms with E-state index in [4.69, 9.17) is 25.7 Å². The van der Waals surface area contributed by atoms with Crippen molar-refractivity contribution in [3.63, 3.8) is 0 Å². The lowest BCUT2D eigenvalue weighted by Gasteiger charge is -2.31. The molecule has 1 atom stereocenters. The summed E-state index contributed by atoms with van der Waals surface area (Å²) in [6.07, 6.45) is 9.35. The molecule has 2 fully saturated rings. The number of ether oxygens (including phenoxy) is 3. The minimum absolute atomic E-state index is 0. The lowest BCUT2D eigenvalue weighted by molar-refractivity contribution is -0.0807. The lowest BCUT2D eigenvalue weighted by Crippen LogP contribution is -2.34. The minimum atomic E-state index is -2.87. The number of hydrogen-bond donors (Lipinski definition) is 2. The van der Waals surface area contributed by atoms with Crippen molar-refractivity contribution in [2.45, 2.75) is 77.8 Å². The molecule has 15 nitrogen and oxygen atoms in total. The number of pyridine rings is 2. The fourth-order valence-electron chi connectivity index (χ4n) is 5.71. The predicted octanol–water partition coefficient (Wildman–Crippen LogP) is 7.13. The van der Waals surface area contributed by atoms with Crippen LogP contribution >= 0.6 is 0 Å². The molecule has 0 aromatic carbocycles. The molecule has 6 heterocycles. The number of allylic oxidation sites excluding steroid dienone is 1. The van der Waals surface area contributed by atoms with Crippen LogP contribution in [0.25, 0.3) is 22.1 Å². The normalized spacial score (nSPS) is 16.5. The first-order chi connectivity index (χ1) is 24.1. The third-order valence-electron chi connectivity index (χ3n) is 8.18. The van der Waals surface area contributed by atoms with Crippen LogP contribution in [-0.2, 0) is 0 Å². The van der Waals surface area contributed by atoms with Crippen LogP contribution in [-0.4, -0.2) is 55.4 Å². The maximum absolute atomic E-state index is 14.5. The van der Waals surface area contributed by atoms with Crippen LogP contribution in [0.1, 0.15) is 70.5 Å². The number of halogens is 2. The van der Waals surface area contributed by atoms with Crippen molar-refractivity contribution in [3.05, 3.63) is 67.2 Å². The van der Waals surface area contributed by atoms with Gasteiger partial charge in [-0.25, -0.2) is 48.0 Å². The number of nitrogens with two attached hydrogens (primary N) is 2. The molecule has 2 saturated carbocycles. The van der Waals surface area contributed by atoms with Crippen molar-refractivity contribution in [2.24, 2.45) is 0 Å². The molecule has 0 radical (unpaired) electrons. The first-order valence-corrected chi connectivity index (χ1v) is 16.0. The van der Waals surface area contributed by atoms with Crippen LogP contribution in [0.3, 0.4) is 0 Å². The molecule has 8 rings (SSSR count). The Labute approximate surface area is 291 Å². The second-order valence-electron chi connectivity index (χ2n) is 12.2. The van der Waals surface area contributed by atoms with Crippen molar-refractivity contribution >= 4 is 33.7 Å². The number of anilines is 2. The molecule has 266 valence electrons. The minimum Gasteiger partial charge on any atom is -0.462 e. The van der Waals surface area contributed by atoms with E-state index in [1.165, 1.54) is 17.3 Å². The fraction of sp³-hybridized carbons (Fsp3) is 0.353. The highest BCUT2D eigenvalue weighted by molar-refractivity contribution is 5.91. The molecule has 0 saturated heterocycles. The smallest absolute Gasteiger partial charge is 0.270 e. The number of aromatic nitrogens is 10. The maximum Gasteiger partial charge on any atom is 0.270 e. The van der Waals surface area contributed by atoms with Crippen molar-refractivity contribution in [2.75, 3.05) is 11.5 Å². The molecule has 0 spiro atoms. The van der Waals surface area contributed by atoms with Crippen molar-refractivity contribution in [1.82, 2.24) is 49.5 Å². The topological polar surface area (TPSA) is 193 Å². The van der Waals surface area contributed by atoms with E-state index in [1.807, 2.05) is 17.7 Å². The van der Waals surface area contributed by atoms with Crippen molar-refractivity contribution < 1.29 is 23.0 Å².